The maximum absolute atomic E-state index is 12.1. The van der Waals surface area contributed by atoms with E-state index in [1.807, 2.05) is 0 Å². The smallest absolute Gasteiger partial charge is 0.367 e. The zero-order valence-corrected chi connectivity index (χ0v) is 6.71. The predicted molar refractivity (Wildman–Crippen MR) is 38.0 cm³/mol. The number of thiophene rings is 1. The third-order valence-corrected chi connectivity index (χ3v) is 2.78. The lowest BCUT2D eigenvalue weighted by molar-refractivity contribution is -0.134. The quantitative estimate of drug-likeness (QED) is 0.626. The molecule has 5 heteroatoms. The van der Waals surface area contributed by atoms with Gasteiger partial charge in [0.05, 0.1) is 6.61 Å². The van der Waals surface area contributed by atoms with Crippen molar-refractivity contribution in [2.24, 2.45) is 0 Å². The molecule has 0 bridgehead atoms. The van der Waals surface area contributed by atoms with Crippen LogP contribution in [0.5, 0.6) is 0 Å². The first kappa shape index (κ1) is 8.07. The predicted octanol–water partition coefficient (Wildman–Crippen LogP) is 2.84. The Bertz CT molecular complexity index is 287. The van der Waals surface area contributed by atoms with Crippen LogP contribution < -0.4 is 0 Å². The molecule has 0 radical (unpaired) electrons. The normalized spacial score (nSPS) is 22.8. The van der Waals surface area contributed by atoms with Gasteiger partial charge < -0.3 is 4.74 Å². The molecule has 0 unspecified atom stereocenters. The second-order valence-electron chi connectivity index (χ2n) is 2.52. The van der Waals surface area contributed by atoms with Crippen molar-refractivity contribution < 1.29 is 17.9 Å². The van der Waals surface area contributed by atoms with Gasteiger partial charge in [-0.3, -0.25) is 0 Å². The molecular weight excluding hydrogens is 189 g/mol. The van der Waals surface area contributed by atoms with Crippen molar-refractivity contribution in [3.8, 4) is 0 Å². The van der Waals surface area contributed by atoms with Gasteiger partial charge in [0, 0.05) is 4.88 Å². The van der Waals surface area contributed by atoms with Crippen molar-refractivity contribution in [3.05, 3.63) is 21.9 Å². The van der Waals surface area contributed by atoms with E-state index in [-0.39, 0.29) is 6.10 Å². The van der Waals surface area contributed by atoms with Gasteiger partial charge in [0.2, 0.25) is 0 Å². The number of rotatable bonds is 1. The number of alkyl halides is 3. The summed E-state index contributed by atoms with van der Waals surface area (Å²) in [6, 6.07) is 2.58. The average Bonchev–Trinajstić information content (AvgIpc) is 2.66. The van der Waals surface area contributed by atoms with Crippen LogP contribution in [0.3, 0.4) is 0 Å². The van der Waals surface area contributed by atoms with Gasteiger partial charge in [-0.1, -0.05) is 0 Å². The molecule has 2 rings (SSSR count). The molecule has 0 N–H and O–H groups in total. The van der Waals surface area contributed by atoms with E-state index >= 15 is 0 Å². The average molecular weight is 194 g/mol. The summed E-state index contributed by atoms with van der Waals surface area (Å²) in [5, 5.41) is 0. The molecule has 1 aromatic heterocycles. The highest BCUT2D eigenvalue weighted by Gasteiger charge is 2.35. The molecule has 0 amide bonds. The van der Waals surface area contributed by atoms with Gasteiger partial charge in [-0.05, 0) is 12.1 Å². The van der Waals surface area contributed by atoms with Crippen LogP contribution in [0.2, 0.25) is 0 Å². The molecule has 2 heterocycles. The summed E-state index contributed by atoms with van der Waals surface area (Å²) in [5.41, 5.74) is 0. The second kappa shape index (κ2) is 2.47. The minimum absolute atomic E-state index is 0.0777. The summed E-state index contributed by atoms with van der Waals surface area (Å²) in [6.07, 6.45) is -4.29. The zero-order valence-electron chi connectivity index (χ0n) is 5.89. The van der Waals surface area contributed by atoms with Gasteiger partial charge in [0.25, 0.3) is 0 Å². The van der Waals surface area contributed by atoms with E-state index in [1.165, 1.54) is 6.07 Å². The Morgan fingerprint density at radius 2 is 2.08 bits per heavy atom. The highest BCUT2D eigenvalue weighted by molar-refractivity contribution is 7.12. The molecule has 1 aliphatic heterocycles. The van der Waals surface area contributed by atoms with E-state index < -0.39 is 11.1 Å². The van der Waals surface area contributed by atoms with Crippen molar-refractivity contribution in [2.45, 2.75) is 12.3 Å². The highest BCUT2D eigenvalue weighted by Crippen LogP contribution is 2.40. The minimum Gasteiger partial charge on any atom is -0.367 e. The minimum atomic E-state index is -4.21. The van der Waals surface area contributed by atoms with Crippen molar-refractivity contribution in [1.29, 1.82) is 0 Å². The standard InChI is InChI=1S/C7H5F3OS/c8-7(9,10)6-2-1-5(12-6)4-3-11-4/h1-2,4H,3H2/t4-/m0/s1. The Morgan fingerprint density at radius 1 is 1.42 bits per heavy atom. The van der Waals surface area contributed by atoms with Crippen LogP contribution in [0.15, 0.2) is 12.1 Å². The van der Waals surface area contributed by atoms with Crippen molar-refractivity contribution >= 4 is 11.3 Å². The van der Waals surface area contributed by atoms with E-state index in [0.29, 0.717) is 11.5 Å². The van der Waals surface area contributed by atoms with Gasteiger partial charge >= 0.3 is 6.18 Å². The van der Waals surface area contributed by atoms with Crippen LogP contribution in [-0.2, 0) is 10.9 Å². The van der Waals surface area contributed by atoms with Crippen LogP contribution in [0.25, 0.3) is 0 Å². The summed E-state index contributed by atoms with van der Waals surface area (Å²) < 4.78 is 41.0. The van der Waals surface area contributed by atoms with Crippen molar-refractivity contribution in [3.63, 3.8) is 0 Å². The van der Waals surface area contributed by atoms with E-state index in [1.54, 1.807) is 0 Å². The fourth-order valence-electron chi connectivity index (χ4n) is 0.891. The van der Waals surface area contributed by atoms with Gasteiger partial charge in [-0.2, -0.15) is 13.2 Å². The molecule has 1 aliphatic rings. The Morgan fingerprint density at radius 3 is 2.50 bits per heavy atom. The third-order valence-electron chi connectivity index (χ3n) is 1.56. The van der Waals surface area contributed by atoms with Crippen LogP contribution >= 0.6 is 11.3 Å². The van der Waals surface area contributed by atoms with Gasteiger partial charge in [0.15, 0.2) is 0 Å². The molecule has 0 aliphatic carbocycles. The lowest BCUT2D eigenvalue weighted by atomic mass is 10.3. The fraction of sp³-hybridized carbons (Fsp3) is 0.429. The molecule has 1 atom stereocenters. The summed E-state index contributed by atoms with van der Waals surface area (Å²) in [5.74, 6) is 0. The molecule has 66 valence electrons. The van der Waals surface area contributed by atoms with E-state index in [9.17, 15) is 13.2 Å². The molecule has 1 nitrogen and oxygen atoms in total. The summed E-state index contributed by atoms with van der Waals surface area (Å²) in [6.45, 7) is 0.553. The van der Waals surface area contributed by atoms with Crippen molar-refractivity contribution in [1.82, 2.24) is 0 Å². The third kappa shape index (κ3) is 1.47. The van der Waals surface area contributed by atoms with Gasteiger partial charge in [0.1, 0.15) is 11.0 Å². The SMILES string of the molecule is FC(F)(F)c1ccc([C@@H]2CO2)s1. The molecule has 0 aromatic carbocycles. The Hall–Kier alpha value is -0.550. The maximum Gasteiger partial charge on any atom is 0.425 e. The van der Waals surface area contributed by atoms with Crippen LogP contribution in [0.4, 0.5) is 13.2 Å². The fourth-order valence-corrected chi connectivity index (χ4v) is 1.80. The summed E-state index contributed by atoms with van der Waals surface area (Å²) >= 11 is 0.760. The number of halogens is 3. The molecule has 1 saturated heterocycles. The Balaban J connectivity index is 2.23. The second-order valence-corrected chi connectivity index (χ2v) is 3.64. The van der Waals surface area contributed by atoms with Crippen LogP contribution in [0, 0.1) is 0 Å². The lowest BCUT2D eigenvalue weighted by Crippen LogP contribution is -2.00. The number of ether oxygens (including phenoxy) is 1. The number of hydrogen-bond donors (Lipinski definition) is 0. The molecule has 0 spiro atoms. The maximum atomic E-state index is 12.1. The number of epoxide rings is 1. The zero-order chi connectivity index (χ0) is 8.77. The largest absolute Gasteiger partial charge is 0.425 e. The van der Waals surface area contributed by atoms with Crippen LogP contribution in [-0.4, -0.2) is 6.61 Å². The van der Waals surface area contributed by atoms with Crippen molar-refractivity contribution in [2.75, 3.05) is 6.61 Å². The van der Waals surface area contributed by atoms with Gasteiger partial charge in [-0.15, -0.1) is 11.3 Å². The van der Waals surface area contributed by atoms with E-state index in [0.717, 1.165) is 17.4 Å². The first-order chi connectivity index (χ1) is 5.57. The lowest BCUT2D eigenvalue weighted by Gasteiger charge is -2.00. The highest BCUT2D eigenvalue weighted by atomic mass is 32.1. The topological polar surface area (TPSA) is 12.5 Å². The molecule has 1 fully saturated rings. The van der Waals surface area contributed by atoms with Crippen LogP contribution in [0.1, 0.15) is 15.9 Å². The Kier molecular flexibility index (Phi) is 1.66. The first-order valence-corrected chi connectivity index (χ1v) is 4.17. The van der Waals surface area contributed by atoms with E-state index in [2.05, 4.69) is 0 Å². The first-order valence-electron chi connectivity index (χ1n) is 3.36. The Labute approximate surface area is 70.8 Å². The number of hydrogen-bond acceptors (Lipinski definition) is 2. The summed E-state index contributed by atoms with van der Waals surface area (Å²) in [4.78, 5) is 0.121. The monoisotopic (exact) mass is 194 g/mol. The summed E-state index contributed by atoms with van der Waals surface area (Å²) in [7, 11) is 0. The molecule has 12 heavy (non-hydrogen) atoms. The molecular formula is C7H5F3OS. The van der Waals surface area contributed by atoms with E-state index in [4.69, 9.17) is 4.74 Å². The van der Waals surface area contributed by atoms with Gasteiger partial charge in [-0.25, -0.2) is 0 Å². The molecule has 1 aromatic rings. The molecule has 0 saturated carbocycles.